The Bertz CT molecular complexity index is 228. The first-order valence-corrected chi connectivity index (χ1v) is 10.6. The third kappa shape index (κ3) is 9.37. The highest BCUT2D eigenvalue weighted by Crippen LogP contribution is 2.17. The molecule has 0 aliphatic heterocycles. The lowest BCUT2D eigenvalue weighted by molar-refractivity contribution is 0.116. The van der Waals surface area contributed by atoms with E-state index in [1.807, 2.05) is 6.08 Å². The van der Waals surface area contributed by atoms with Gasteiger partial charge >= 0.3 is 0 Å². The normalized spacial score (nSPS) is 16.1. The third-order valence-corrected chi connectivity index (χ3v) is 4.41. The molecule has 0 aromatic heterocycles. The summed E-state index contributed by atoms with van der Waals surface area (Å²) in [7, 11) is -0.934. The fourth-order valence-corrected chi connectivity index (χ4v) is 2.69. The van der Waals surface area contributed by atoms with Crippen LogP contribution in [-0.2, 0) is 0 Å². The molecule has 0 radical (unpaired) electrons. The van der Waals surface area contributed by atoms with Crippen LogP contribution in [0.2, 0.25) is 25.7 Å². The first-order chi connectivity index (χ1) is 7.90. The van der Waals surface area contributed by atoms with Gasteiger partial charge in [0.05, 0.1) is 6.10 Å². The highest BCUT2D eigenvalue weighted by molar-refractivity contribution is 6.76. The second kappa shape index (κ2) is 8.70. The zero-order valence-corrected chi connectivity index (χ0v) is 13.1. The van der Waals surface area contributed by atoms with E-state index in [9.17, 15) is 5.11 Å². The first-order valence-electron chi connectivity index (χ1n) is 6.86. The van der Waals surface area contributed by atoms with Crippen LogP contribution in [0.4, 0.5) is 0 Å². The van der Waals surface area contributed by atoms with Gasteiger partial charge in [0, 0.05) is 14.0 Å². The van der Waals surface area contributed by atoms with Gasteiger partial charge in [-0.1, -0.05) is 51.2 Å². The number of aliphatic hydroxyl groups is 1. The fourth-order valence-electron chi connectivity index (χ4n) is 1.82. The van der Waals surface area contributed by atoms with E-state index in [-0.39, 0.29) is 12.0 Å². The van der Waals surface area contributed by atoms with Crippen LogP contribution in [0, 0.1) is 5.92 Å². The summed E-state index contributed by atoms with van der Waals surface area (Å²) in [6.45, 7) is 13.1. The zero-order valence-electron chi connectivity index (χ0n) is 12.1. The summed E-state index contributed by atoms with van der Waals surface area (Å²) in [4.78, 5) is 0. The molecule has 0 rings (SSSR count). The van der Waals surface area contributed by atoms with Crippen LogP contribution < -0.4 is 0 Å². The molecule has 0 fully saturated rings. The smallest absolute Gasteiger partial charge is 0.0602 e. The molecule has 0 aromatic carbocycles. The van der Waals surface area contributed by atoms with Gasteiger partial charge in [-0.15, -0.1) is 6.58 Å². The minimum absolute atomic E-state index is 0.206. The summed E-state index contributed by atoms with van der Waals surface area (Å²) in [6, 6.07) is 1.25. The Morgan fingerprint density at radius 3 is 2.29 bits per heavy atom. The Kier molecular flexibility index (Phi) is 8.53. The molecule has 2 heteroatoms. The van der Waals surface area contributed by atoms with E-state index >= 15 is 0 Å². The van der Waals surface area contributed by atoms with Gasteiger partial charge in [0.2, 0.25) is 0 Å². The van der Waals surface area contributed by atoms with E-state index in [1.54, 1.807) is 0 Å². The van der Waals surface area contributed by atoms with Gasteiger partial charge in [0.1, 0.15) is 0 Å². The topological polar surface area (TPSA) is 20.2 Å². The van der Waals surface area contributed by atoms with Gasteiger partial charge in [-0.2, -0.15) is 0 Å². The molecular weight excluding hydrogens is 224 g/mol. The summed E-state index contributed by atoms with van der Waals surface area (Å²) >= 11 is 0. The summed E-state index contributed by atoms with van der Waals surface area (Å²) in [5.41, 5.74) is 0. The van der Waals surface area contributed by atoms with Gasteiger partial charge in [0.25, 0.3) is 0 Å². The predicted molar refractivity (Wildman–Crippen MR) is 81.1 cm³/mol. The van der Waals surface area contributed by atoms with E-state index < -0.39 is 8.07 Å². The number of hydrogen-bond acceptors (Lipinski definition) is 1. The van der Waals surface area contributed by atoms with Crippen LogP contribution in [0.25, 0.3) is 0 Å². The molecule has 2 atom stereocenters. The van der Waals surface area contributed by atoms with E-state index in [0.29, 0.717) is 0 Å². The number of rotatable bonds is 9. The van der Waals surface area contributed by atoms with Crippen LogP contribution in [0.3, 0.4) is 0 Å². The predicted octanol–water partition coefficient (Wildman–Crippen LogP) is 4.62. The van der Waals surface area contributed by atoms with Crippen molar-refractivity contribution in [3.8, 4) is 0 Å². The molecule has 17 heavy (non-hydrogen) atoms. The molecular formula is C15H30OSi. The lowest BCUT2D eigenvalue weighted by atomic mass is 9.94. The van der Waals surface area contributed by atoms with Crippen molar-refractivity contribution >= 4 is 8.07 Å². The molecule has 0 aromatic rings. The molecule has 0 bridgehead atoms. The molecule has 1 N–H and O–H groups in total. The number of allylic oxidation sites excluding steroid dienone is 2. The summed E-state index contributed by atoms with van der Waals surface area (Å²) < 4.78 is 0. The summed E-state index contributed by atoms with van der Waals surface area (Å²) in [5, 5.41) is 9.91. The molecule has 100 valence electrons. The molecule has 0 saturated carbocycles. The maximum absolute atomic E-state index is 9.91. The van der Waals surface area contributed by atoms with Crippen molar-refractivity contribution in [3.63, 3.8) is 0 Å². The van der Waals surface area contributed by atoms with Crippen molar-refractivity contribution in [2.24, 2.45) is 5.92 Å². The first kappa shape index (κ1) is 16.7. The highest BCUT2D eigenvalue weighted by Gasteiger charge is 2.14. The molecule has 0 unspecified atom stereocenters. The van der Waals surface area contributed by atoms with Crippen LogP contribution in [0.1, 0.15) is 32.6 Å². The van der Waals surface area contributed by atoms with E-state index in [4.69, 9.17) is 0 Å². The minimum Gasteiger partial charge on any atom is -0.393 e. The molecule has 0 heterocycles. The van der Waals surface area contributed by atoms with Crippen LogP contribution in [0.5, 0.6) is 0 Å². The van der Waals surface area contributed by atoms with E-state index in [0.717, 1.165) is 25.7 Å². The Morgan fingerprint density at radius 2 is 1.82 bits per heavy atom. The third-order valence-electron chi connectivity index (χ3n) is 2.94. The second-order valence-corrected chi connectivity index (χ2v) is 11.6. The zero-order chi connectivity index (χ0) is 13.3. The SMILES string of the molecule is C=C[C@@H](CC/C=C\C[Si](C)(C)C)[C@H](O)CCC. The van der Waals surface area contributed by atoms with Crippen molar-refractivity contribution in [3.05, 3.63) is 24.8 Å². The maximum atomic E-state index is 9.91. The molecule has 0 spiro atoms. The van der Waals surface area contributed by atoms with Crippen molar-refractivity contribution in [1.82, 2.24) is 0 Å². The molecule has 0 aliphatic carbocycles. The average molecular weight is 254 g/mol. The van der Waals surface area contributed by atoms with E-state index in [2.05, 4.69) is 45.3 Å². The quantitative estimate of drug-likeness (QED) is 0.470. The maximum Gasteiger partial charge on any atom is 0.0602 e. The van der Waals surface area contributed by atoms with Crippen molar-refractivity contribution < 1.29 is 5.11 Å². The lowest BCUT2D eigenvalue weighted by Gasteiger charge is -2.18. The summed E-state index contributed by atoms with van der Waals surface area (Å²) in [5.74, 6) is 0.256. The van der Waals surface area contributed by atoms with Gasteiger partial charge in [-0.25, -0.2) is 0 Å². The molecule has 0 amide bonds. The number of aliphatic hydroxyl groups excluding tert-OH is 1. The fraction of sp³-hybridized carbons (Fsp3) is 0.733. The minimum atomic E-state index is -0.934. The molecule has 1 nitrogen and oxygen atoms in total. The number of hydrogen-bond donors (Lipinski definition) is 1. The van der Waals surface area contributed by atoms with Crippen molar-refractivity contribution in [1.29, 1.82) is 0 Å². The lowest BCUT2D eigenvalue weighted by Crippen LogP contribution is -2.18. The Labute approximate surface area is 109 Å². The molecule has 0 aliphatic rings. The van der Waals surface area contributed by atoms with Gasteiger partial charge in [-0.05, 0) is 25.3 Å². The van der Waals surface area contributed by atoms with Crippen LogP contribution >= 0.6 is 0 Å². The average Bonchev–Trinajstić information content (AvgIpc) is 2.22. The van der Waals surface area contributed by atoms with Gasteiger partial charge in [0.15, 0.2) is 0 Å². The monoisotopic (exact) mass is 254 g/mol. The van der Waals surface area contributed by atoms with E-state index in [1.165, 1.54) is 6.04 Å². The van der Waals surface area contributed by atoms with Gasteiger partial charge in [-0.3, -0.25) is 0 Å². The van der Waals surface area contributed by atoms with Crippen LogP contribution in [-0.4, -0.2) is 19.3 Å². The van der Waals surface area contributed by atoms with Crippen molar-refractivity contribution in [2.75, 3.05) is 0 Å². The Hall–Kier alpha value is -0.343. The Balaban J connectivity index is 3.88. The highest BCUT2D eigenvalue weighted by atomic mass is 28.3. The van der Waals surface area contributed by atoms with Gasteiger partial charge < -0.3 is 5.11 Å². The summed E-state index contributed by atoms with van der Waals surface area (Å²) in [6.07, 6.45) is 10.3. The Morgan fingerprint density at radius 1 is 1.18 bits per heavy atom. The largest absolute Gasteiger partial charge is 0.393 e. The molecule has 0 saturated heterocycles. The second-order valence-electron chi connectivity index (χ2n) is 6.07. The van der Waals surface area contributed by atoms with Crippen LogP contribution in [0.15, 0.2) is 24.8 Å². The standard InChI is InChI=1S/C15H30OSi/c1-6-11-15(16)14(7-2)12-9-8-10-13-17(3,4)5/h7-8,10,14-16H,2,6,9,11-13H2,1,3-5H3/b10-8-/t14-,15+/m0/s1. The van der Waals surface area contributed by atoms with Crippen molar-refractivity contribution in [2.45, 2.75) is 64.4 Å².